The third-order valence-electron chi connectivity index (χ3n) is 4.48. The van der Waals surface area contributed by atoms with E-state index >= 15 is 0 Å². The predicted octanol–water partition coefficient (Wildman–Crippen LogP) is 2.95. The van der Waals surface area contributed by atoms with Crippen LogP contribution in [0.5, 0.6) is 0 Å². The van der Waals surface area contributed by atoms with E-state index in [2.05, 4.69) is 0 Å². The van der Waals surface area contributed by atoms with Crippen molar-refractivity contribution in [3.05, 3.63) is 29.8 Å². The Labute approximate surface area is 148 Å². The van der Waals surface area contributed by atoms with Gasteiger partial charge in [0.25, 0.3) is 0 Å². The van der Waals surface area contributed by atoms with E-state index in [9.17, 15) is 9.59 Å². The molecule has 0 spiro atoms. The van der Waals surface area contributed by atoms with Crippen molar-refractivity contribution in [2.75, 3.05) is 18.1 Å². The van der Waals surface area contributed by atoms with Gasteiger partial charge >= 0.3 is 6.09 Å². The summed E-state index contributed by atoms with van der Waals surface area (Å²) in [6, 6.07) is 7.52. The molecule has 2 amide bonds. The standard InChI is InChI=1S/C19H26N2O4/c1-18(2,3)25-17(23)21-14(12-24-19(21,4)5)11-20-15-9-7-6-8-13(15)10-16(20)22/h6-9,14H,10-12H2,1-5H3. The molecular weight excluding hydrogens is 320 g/mol. The van der Waals surface area contributed by atoms with Gasteiger partial charge in [0, 0.05) is 12.2 Å². The number of hydrogen-bond donors (Lipinski definition) is 0. The maximum atomic E-state index is 12.7. The van der Waals surface area contributed by atoms with Crippen LogP contribution in [0.2, 0.25) is 0 Å². The lowest BCUT2D eigenvalue weighted by Gasteiger charge is -2.36. The Morgan fingerprint density at radius 1 is 1.32 bits per heavy atom. The van der Waals surface area contributed by atoms with Crippen LogP contribution in [0.15, 0.2) is 24.3 Å². The zero-order valence-corrected chi connectivity index (χ0v) is 15.5. The minimum atomic E-state index is -0.769. The Kier molecular flexibility index (Phi) is 4.27. The number of fused-ring (bicyclic) bond motifs is 1. The highest BCUT2D eigenvalue weighted by atomic mass is 16.6. The third-order valence-corrected chi connectivity index (χ3v) is 4.48. The van der Waals surface area contributed by atoms with Crippen LogP contribution in [0.25, 0.3) is 0 Å². The van der Waals surface area contributed by atoms with Gasteiger partial charge in [0.2, 0.25) is 5.91 Å². The molecule has 1 atom stereocenters. The fraction of sp³-hybridized carbons (Fsp3) is 0.579. The van der Waals surface area contributed by atoms with E-state index in [1.54, 1.807) is 9.80 Å². The van der Waals surface area contributed by atoms with Crippen LogP contribution >= 0.6 is 0 Å². The Balaban J connectivity index is 1.82. The molecule has 25 heavy (non-hydrogen) atoms. The number of rotatable bonds is 2. The van der Waals surface area contributed by atoms with Gasteiger partial charge in [-0.25, -0.2) is 4.79 Å². The second kappa shape index (κ2) is 6.02. The number of hydrogen-bond acceptors (Lipinski definition) is 4. The average molecular weight is 346 g/mol. The molecule has 1 aromatic rings. The minimum absolute atomic E-state index is 0.0510. The highest BCUT2D eigenvalue weighted by Gasteiger charge is 2.47. The number of amides is 2. The lowest BCUT2D eigenvalue weighted by Crippen LogP contribution is -2.53. The first-order chi connectivity index (χ1) is 11.6. The van der Waals surface area contributed by atoms with Crippen LogP contribution in [0.4, 0.5) is 10.5 Å². The molecular formula is C19H26N2O4. The van der Waals surface area contributed by atoms with E-state index in [1.165, 1.54) is 0 Å². The van der Waals surface area contributed by atoms with E-state index in [0.29, 0.717) is 19.6 Å². The lowest BCUT2D eigenvalue weighted by atomic mass is 10.1. The summed E-state index contributed by atoms with van der Waals surface area (Å²) in [5.74, 6) is 0.0510. The van der Waals surface area contributed by atoms with Gasteiger partial charge in [-0.05, 0) is 46.2 Å². The third kappa shape index (κ3) is 3.49. The van der Waals surface area contributed by atoms with Crippen molar-refractivity contribution in [1.29, 1.82) is 0 Å². The fourth-order valence-electron chi connectivity index (χ4n) is 3.43. The summed E-state index contributed by atoms with van der Waals surface area (Å²) in [7, 11) is 0. The van der Waals surface area contributed by atoms with Gasteiger partial charge in [0.15, 0.2) is 0 Å². The molecule has 0 saturated carbocycles. The summed E-state index contributed by atoms with van der Waals surface area (Å²) in [5, 5.41) is 0. The van der Waals surface area contributed by atoms with E-state index in [4.69, 9.17) is 9.47 Å². The number of ether oxygens (including phenoxy) is 2. The summed E-state index contributed by atoms with van der Waals surface area (Å²) in [6.45, 7) is 9.97. The zero-order valence-electron chi connectivity index (χ0n) is 15.5. The summed E-state index contributed by atoms with van der Waals surface area (Å²) in [4.78, 5) is 28.5. The molecule has 2 heterocycles. The summed E-state index contributed by atoms with van der Waals surface area (Å²) < 4.78 is 11.4. The molecule has 1 aromatic carbocycles. The largest absolute Gasteiger partial charge is 0.444 e. The van der Waals surface area contributed by atoms with Crippen LogP contribution in [0.1, 0.15) is 40.2 Å². The number of anilines is 1. The first-order valence-corrected chi connectivity index (χ1v) is 8.63. The normalized spacial score (nSPS) is 22.3. The van der Waals surface area contributed by atoms with Crippen LogP contribution < -0.4 is 4.90 Å². The van der Waals surface area contributed by atoms with Gasteiger partial charge in [0.05, 0.1) is 19.1 Å². The summed E-state index contributed by atoms with van der Waals surface area (Å²) >= 11 is 0. The van der Waals surface area contributed by atoms with Gasteiger partial charge in [0.1, 0.15) is 11.3 Å². The first-order valence-electron chi connectivity index (χ1n) is 8.63. The van der Waals surface area contributed by atoms with Crippen molar-refractivity contribution in [1.82, 2.24) is 4.90 Å². The molecule has 1 unspecified atom stereocenters. The maximum absolute atomic E-state index is 12.7. The maximum Gasteiger partial charge on any atom is 0.412 e. The van der Waals surface area contributed by atoms with E-state index in [0.717, 1.165) is 11.3 Å². The SMILES string of the molecule is CC(C)(C)OC(=O)N1C(CN2C(=O)Cc3ccccc32)COC1(C)C. The van der Waals surface area contributed by atoms with Crippen molar-refractivity contribution < 1.29 is 19.1 Å². The molecule has 0 bridgehead atoms. The number of carbonyl (C=O) groups excluding carboxylic acids is 2. The second-order valence-corrected chi connectivity index (χ2v) is 8.07. The number of benzene rings is 1. The smallest absolute Gasteiger partial charge is 0.412 e. The molecule has 136 valence electrons. The fourth-order valence-corrected chi connectivity index (χ4v) is 3.43. The van der Waals surface area contributed by atoms with Crippen LogP contribution in [-0.4, -0.2) is 47.4 Å². The molecule has 0 aromatic heterocycles. The molecule has 2 aliphatic heterocycles. The van der Waals surface area contributed by atoms with Crippen LogP contribution in [0, 0.1) is 0 Å². The lowest BCUT2D eigenvalue weighted by molar-refractivity contribution is -0.117. The zero-order chi connectivity index (χ0) is 18.4. The monoisotopic (exact) mass is 346 g/mol. The summed E-state index contributed by atoms with van der Waals surface area (Å²) in [6.07, 6.45) is -0.0144. The summed E-state index contributed by atoms with van der Waals surface area (Å²) in [5.41, 5.74) is 0.585. The molecule has 6 heteroatoms. The number of para-hydroxylation sites is 1. The van der Waals surface area contributed by atoms with Crippen molar-refractivity contribution in [2.45, 2.75) is 58.4 Å². The van der Waals surface area contributed by atoms with Gasteiger partial charge in [-0.15, -0.1) is 0 Å². The minimum Gasteiger partial charge on any atom is -0.444 e. The topological polar surface area (TPSA) is 59.1 Å². The molecule has 1 fully saturated rings. The van der Waals surface area contributed by atoms with Gasteiger partial charge < -0.3 is 14.4 Å². The van der Waals surface area contributed by atoms with Crippen LogP contribution in [0.3, 0.4) is 0 Å². The van der Waals surface area contributed by atoms with Gasteiger partial charge in [-0.2, -0.15) is 0 Å². The van der Waals surface area contributed by atoms with E-state index in [1.807, 2.05) is 58.9 Å². The molecule has 2 aliphatic rings. The van der Waals surface area contributed by atoms with Crippen LogP contribution in [-0.2, 0) is 20.7 Å². The Bertz CT molecular complexity index is 693. The molecule has 3 rings (SSSR count). The first kappa shape index (κ1) is 17.7. The molecule has 1 saturated heterocycles. The van der Waals surface area contributed by atoms with E-state index in [-0.39, 0.29) is 11.9 Å². The molecule has 0 aliphatic carbocycles. The highest BCUT2D eigenvalue weighted by Crippen LogP contribution is 2.33. The Hall–Kier alpha value is -2.08. The number of carbonyl (C=O) groups is 2. The average Bonchev–Trinajstić information content (AvgIpc) is 2.95. The van der Waals surface area contributed by atoms with Crippen molar-refractivity contribution in [3.63, 3.8) is 0 Å². The Morgan fingerprint density at radius 2 is 2.00 bits per heavy atom. The van der Waals surface area contributed by atoms with Crippen molar-refractivity contribution >= 4 is 17.7 Å². The molecule has 0 N–H and O–H groups in total. The number of nitrogens with zero attached hydrogens (tertiary/aromatic N) is 2. The molecule has 0 radical (unpaired) electrons. The van der Waals surface area contributed by atoms with Gasteiger partial charge in [-0.3, -0.25) is 9.69 Å². The van der Waals surface area contributed by atoms with Crippen molar-refractivity contribution in [3.8, 4) is 0 Å². The Morgan fingerprint density at radius 3 is 2.68 bits per heavy atom. The van der Waals surface area contributed by atoms with Crippen molar-refractivity contribution in [2.24, 2.45) is 0 Å². The molecule has 6 nitrogen and oxygen atoms in total. The van der Waals surface area contributed by atoms with E-state index < -0.39 is 17.4 Å². The second-order valence-electron chi connectivity index (χ2n) is 8.07. The quantitative estimate of drug-likeness (QED) is 0.826. The van der Waals surface area contributed by atoms with Gasteiger partial charge in [-0.1, -0.05) is 18.2 Å². The predicted molar refractivity (Wildman–Crippen MR) is 94.4 cm³/mol. The highest BCUT2D eigenvalue weighted by molar-refractivity contribution is 6.01.